The first-order valence-corrected chi connectivity index (χ1v) is 12.5. The second-order valence-corrected chi connectivity index (χ2v) is 9.28. The zero-order valence-corrected chi connectivity index (χ0v) is 20.8. The van der Waals surface area contributed by atoms with Crippen molar-refractivity contribution in [3.63, 3.8) is 0 Å². The van der Waals surface area contributed by atoms with Gasteiger partial charge in [-0.3, -0.25) is 14.5 Å². The van der Waals surface area contributed by atoms with Crippen molar-refractivity contribution in [3.05, 3.63) is 83.1 Å². The number of benzene rings is 2. The van der Waals surface area contributed by atoms with Crippen molar-refractivity contribution < 1.29 is 9.59 Å². The highest BCUT2D eigenvalue weighted by Gasteiger charge is 2.34. The van der Waals surface area contributed by atoms with Gasteiger partial charge in [0, 0.05) is 34.3 Å². The van der Waals surface area contributed by atoms with Crippen LogP contribution in [-0.2, 0) is 9.59 Å². The molecular weight excluding hydrogens is 456 g/mol. The maximum absolute atomic E-state index is 13.2. The Kier molecular flexibility index (Phi) is 7.33. The molecule has 176 valence electrons. The number of rotatable bonds is 7. The lowest BCUT2D eigenvalue weighted by molar-refractivity contribution is -0.140. The van der Waals surface area contributed by atoms with Crippen molar-refractivity contribution in [1.82, 2.24) is 14.7 Å². The predicted molar refractivity (Wildman–Crippen MR) is 139 cm³/mol. The molecule has 1 aliphatic rings. The third kappa shape index (κ3) is 4.84. The number of amides is 2. The molecule has 2 amide bonds. The van der Waals surface area contributed by atoms with Crippen molar-refractivity contribution >= 4 is 29.7 Å². The van der Waals surface area contributed by atoms with E-state index in [1.54, 1.807) is 24.6 Å². The number of imide groups is 1. The number of likely N-dealkylation sites (N-methyl/N-ethyl adjacent to an activating group) is 1. The number of aromatic nitrogens is 2. The minimum absolute atomic E-state index is 0.00740. The van der Waals surface area contributed by atoms with E-state index in [-0.39, 0.29) is 12.1 Å². The van der Waals surface area contributed by atoms with E-state index in [4.69, 9.17) is 5.10 Å². The molecule has 35 heavy (non-hydrogen) atoms. The molecular formula is C28H26N4O2S. The van der Waals surface area contributed by atoms with Crippen LogP contribution < -0.4 is 0 Å². The molecule has 4 rings (SSSR count). The minimum Gasteiger partial charge on any atom is -0.274 e. The largest absolute Gasteiger partial charge is 0.274 e. The van der Waals surface area contributed by atoms with Crippen LogP contribution in [-0.4, -0.2) is 38.8 Å². The van der Waals surface area contributed by atoms with Gasteiger partial charge in [0.15, 0.2) is 0 Å². The van der Waals surface area contributed by atoms with Gasteiger partial charge >= 0.3 is 0 Å². The molecule has 0 saturated heterocycles. The van der Waals surface area contributed by atoms with E-state index in [2.05, 4.69) is 19.1 Å². The summed E-state index contributed by atoms with van der Waals surface area (Å²) in [6.07, 6.45) is 4.72. The summed E-state index contributed by atoms with van der Waals surface area (Å²) in [4.78, 5) is 28.0. The zero-order chi connectivity index (χ0) is 24.9. The van der Waals surface area contributed by atoms with Crippen LogP contribution in [0.2, 0.25) is 0 Å². The van der Waals surface area contributed by atoms with E-state index in [1.807, 2.05) is 66.5 Å². The summed E-state index contributed by atoms with van der Waals surface area (Å²) in [6, 6.07) is 19.9. The first-order valence-electron chi connectivity index (χ1n) is 11.6. The van der Waals surface area contributed by atoms with E-state index in [0.29, 0.717) is 16.8 Å². The fourth-order valence-electron chi connectivity index (χ4n) is 3.93. The Hall–Kier alpha value is -3.89. The number of hydrogen-bond acceptors (Lipinski definition) is 5. The Labute approximate surface area is 209 Å². The molecule has 0 unspecified atom stereocenters. The molecule has 2 aromatic carbocycles. The van der Waals surface area contributed by atoms with Crippen LogP contribution in [0.1, 0.15) is 32.8 Å². The predicted octanol–water partition coefficient (Wildman–Crippen LogP) is 5.65. The average molecular weight is 483 g/mol. The Morgan fingerprint density at radius 1 is 1.03 bits per heavy atom. The molecule has 7 heteroatoms. The molecule has 0 spiro atoms. The van der Waals surface area contributed by atoms with Crippen LogP contribution in [0.15, 0.2) is 82.4 Å². The summed E-state index contributed by atoms with van der Waals surface area (Å²) in [5, 5.41) is 14.4. The van der Waals surface area contributed by atoms with Crippen molar-refractivity contribution in [1.29, 1.82) is 5.26 Å². The summed E-state index contributed by atoms with van der Waals surface area (Å²) in [6.45, 7) is 5.72. The minimum atomic E-state index is -0.546. The fourth-order valence-corrected chi connectivity index (χ4v) is 4.70. The van der Waals surface area contributed by atoms with Gasteiger partial charge in [0.05, 0.1) is 11.4 Å². The van der Waals surface area contributed by atoms with Gasteiger partial charge in [-0.15, -0.1) is 11.8 Å². The SMILES string of the molecule is CCCSc1ccc(-c2nn(-c3ccccc3)cc2/C=C2/C(=O)N(CC)C(=O)C(C#N)=C2C)cc1. The molecule has 0 fully saturated rings. The monoisotopic (exact) mass is 482 g/mol. The summed E-state index contributed by atoms with van der Waals surface area (Å²) in [5.41, 5.74) is 3.96. The third-order valence-corrected chi connectivity index (χ3v) is 7.02. The van der Waals surface area contributed by atoms with Crippen molar-refractivity contribution in [2.24, 2.45) is 0 Å². The topological polar surface area (TPSA) is 79.0 Å². The molecule has 0 radical (unpaired) electrons. The Morgan fingerprint density at radius 2 is 1.74 bits per heavy atom. The second kappa shape index (κ2) is 10.6. The van der Waals surface area contributed by atoms with Gasteiger partial charge in [0.25, 0.3) is 11.8 Å². The maximum atomic E-state index is 13.2. The zero-order valence-electron chi connectivity index (χ0n) is 20.0. The van der Waals surface area contributed by atoms with Crippen LogP contribution in [0.3, 0.4) is 0 Å². The van der Waals surface area contributed by atoms with Gasteiger partial charge in [0.2, 0.25) is 0 Å². The number of para-hydroxylation sites is 1. The van der Waals surface area contributed by atoms with Crippen LogP contribution in [0.25, 0.3) is 23.0 Å². The number of nitriles is 1. The number of hydrogen-bond donors (Lipinski definition) is 0. The third-order valence-electron chi connectivity index (χ3n) is 5.81. The lowest BCUT2D eigenvalue weighted by Gasteiger charge is -2.26. The normalized spacial score (nSPS) is 15.1. The molecule has 0 saturated carbocycles. The van der Waals surface area contributed by atoms with E-state index in [0.717, 1.165) is 33.9 Å². The highest BCUT2D eigenvalue weighted by Crippen LogP contribution is 2.32. The summed E-state index contributed by atoms with van der Waals surface area (Å²) in [5.74, 6) is 0.106. The molecule has 1 aromatic heterocycles. The van der Waals surface area contributed by atoms with Crippen molar-refractivity contribution in [3.8, 4) is 23.0 Å². The maximum Gasteiger partial charge on any atom is 0.271 e. The van der Waals surface area contributed by atoms with Crippen molar-refractivity contribution in [2.75, 3.05) is 12.3 Å². The Balaban J connectivity index is 1.86. The number of nitrogens with zero attached hydrogens (tertiary/aromatic N) is 4. The van der Waals surface area contributed by atoms with Gasteiger partial charge in [0.1, 0.15) is 11.6 Å². The van der Waals surface area contributed by atoms with Gasteiger partial charge in [-0.1, -0.05) is 37.3 Å². The highest BCUT2D eigenvalue weighted by atomic mass is 32.2. The Morgan fingerprint density at radius 3 is 2.37 bits per heavy atom. The number of thioether (sulfide) groups is 1. The molecule has 1 aliphatic heterocycles. The second-order valence-electron chi connectivity index (χ2n) is 8.11. The molecule has 0 N–H and O–H groups in total. The highest BCUT2D eigenvalue weighted by molar-refractivity contribution is 7.99. The molecule has 0 aliphatic carbocycles. The average Bonchev–Trinajstić information content (AvgIpc) is 3.31. The standard InChI is InChI=1S/C28H26N4O2S/c1-4-15-35-23-13-11-20(12-14-23)26-21(18-32(30-26)22-9-7-6-8-10-22)16-24-19(3)25(17-29)28(34)31(5-2)27(24)33/h6-14,16,18H,4-5,15H2,1-3H3/b24-16+. The van der Waals surface area contributed by atoms with Gasteiger partial charge in [-0.25, -0.2) is 4.68 Å². The van der Waals surface area contributed by atoms with Crippen LogP contribution >= 0.6 is 11.8 Å². The molecule has 3 aromatic rings. The fraction of sp³-hybridized carbons (Fsp3) is 0.214. The van der Waals surface area contributed by atoms with Crippen LogP contribution in [0, 0.1) is 11.3 Å². The van der Waals surface area contributed by atoms with Crippen LogP contribution in [0.4, 0.5) is 0 Å². The summed E-state index contributed by atoms with van der Waals surface area (Å²) < 4.78 is 1.78. The number of carbonyl (C=O) groups is 2. The lowest BCUT2D eigenvalue weighted by Crippen LogP contribution is -2.42. The lowest BCUT2D eigenvalue weighted by atomic mass is 9.93. The molecule has 0 bridgehead atoms. The molecule has 6 nitrogen and oxygen atoms in total. The first kappa shape index (κ1) is 24.2. The smallest absolute Gasteiger partial charge is 0.271 e. The van der Waals surface area contributed by atoms with E-state index >= 15 is 0 Å². The number of carbonyl (C=O) groups excluding carboxylic acids is 2. The van der Waals surface area contributed by atoms with E-state index in [9.17, 15) is 14.9 Å². The molecule has 0 atom stereocenters. The van der Waals surface area contributed by atoms with Crippen molar-refractivity contribution in [2.45, 2.75) is 32.1 Å². The van der Waals surface area contributed by atoms with Gasteiger partial charge in [-0.2, -0.15) is 10.4 Å². The Bertz CT molecular complexity index is 1360. The summed E-state index contributed by atoms with van der Waals surface area (Å²) in [7, 11) is 0. The van der Waals surface area contributed by atoms with Gasteiger partial charge < -0.3 is 0 Å². The molecule has 2 heterocycles. The van der Waals surface area contributed by atoms with E-state index < -0.39 is 11.8 Å². The van der Waals surface area contributed by atoms with E-state index in [1.165, 1.54) is 4.90 Å². The van der Waals surface area contributed by atoms with Crippen LogP contribution in [0.5, 0.6) is 0 Å². The summed E-state index contributed by atoms with van der Waals surface area (Å²) >= 11 is 1.81. The van der Waals surface area contributed by atoms with Gasteiger partial charge in [-0.05, 0) is 61.9 Å². The quantitative estimate of drug-likeness (QED) is 0.247. The first-order chi connectivity index (χ1) is 17.0.